The number of piperazine rings is 1. The van der Waals surface area contributed by atoms with Gasteiger partial charge in [-0.25, -0.2) is 0 Å². The highest BCUT2D eigenvalue weighted by Gasteiger charge is 2.23. The summed E-state index contributed by atoms with van der Waals surface area (Å²) in [6, 6.07) is 15.3. The molecule has 0 atom stereocenters. The summed E-state index contributed by atoms with van der Waals surface area (Å²) in [4.78, 5) is 16.8. The number of aryl methyl sites for hydroxylation is 1. The molecule has 4 nitrogen and oxygen atoms in total. The van der Waals surface area contributed by atoms with E-state index in [1.807, 2.05) is 35.2 Å². The number of hydrogen-bond donors (Lipinski definition) is 0. The van der Waals surface area contributed by atoms with Crippen molar-refractivity contribution in [2.24, 2.45) is 0 Å². The first kappa shape index (κ1) is 17.8. The number of benzene rings is 2. The molecule has 1 amide bonds. The first-order valence-electron chi connectivity index (χ1n) is 8.60. The van der Waals surface area contributed by atoms with Crippen molar-refractivity contribution in [2.45, 2.75) is 6.92 Å². The van der Waals surface area contributed by atoms with Crippen LogP contribution in [0.1, 0.15) is 15.9 Å². The van der Waals surface area contributed by atoms with Gasteiger partial charge in [-0.15, -0.1) is 0 Å². The van der Waals surface area contributed by atoms with Crippen molar-refractivity contribution < 1.29 is 9.53 Å². The molecule has 3 rings (SSSR count). The van der Waals surface area contributed by atoms with Gasteiger partial charge in [-0.05, 0) is 30.7 Å². The molecule has 1 saturated heterocycles. The van der Waals surface area contributed by atoms with Gasteiger partial charge < -0.3 is 9.64 Å². The van der Waals surface area contributed by atoms with Gasteiger partial charge in [0.2, 0.25) is 0 Å². The van der Waals surface area contributed by atoms with Crippen LogP contribution in [0.4, 0.5) is 0 Å². The molecule has 0 radical (unpaired) electrons. The van der Waals surface area contributed by atoms with E-state index < -0.39 is 0 Å². The Balaban J connectivity index is 1.45. The van der Waals surface area contributed by atoms with Gasteiger partial charge in [-0.3, -0.25) is 9.69 Å². The fourth-order valence-corrected chi connectivity index (χ4v) is 3.20. The molecule has 0 saturated carbocycles. The number of amides is 1. The summed E-state index contributed by atoms with van der Waals surface area (Å²) in [5, 5.41) is 0.515. The molecule has 132 valence electrons. The Morgan fingerprint density at radius 3 is 2.44 bits per heavy atom. The van der Waals surface area contributed by atoms with Crippen molar-refractivity contribution in [3.8, 4) is 5.75 Å². The molecule has 1 aliphatic heterocycles. The summed E-state index contributed by atoms with van der Waals surface area (Å²) in [5.74, 6) is 0.955. The van der Waals surface area contributed by atoms with Crippen LogP contribution in [0.25, 0.3) is 0 Å². The Labute approximate surface area is 154 Å². The molecule has 1 heterocycles. The zero-order valence-electron chi connectivity index (χ0n) is 14.5. The van der Waals surface area contributed by atoms with E-state index in [0.717, 1.165) is 30.9 Å². The zero-order chi connectivity index (χ0) is 17.6. The van der Waals surface area contributed by atoms with Crippen LogP contribution in [-0.4, -0.2) is 55.0 Å². The highest BCUT2D eigenvalue weighted by Crippen LogP contribution is 2.18. The van der Waals surface area contributed by atoms with Gasteiger partial charge >= 0.3 is 0 Å². The third-order valence-corrected chi connectivity index (χ3v) is 4.85. The maximum atomic E-state index is 12.6. The quantitative estimate of drug-likeness (QED) is 0.820. The van der Waals surface area contributed by atoms with Crippen LogP contribution in [-0.2, 0) is 0 Å². The van der Waals surface area contributed by atoms with Gasteiger partial charge in [0, 0.05) is 32.7 Å². The van der Waals surface area contributed by atoms with Crippen LogP contribution in [0.3, 0.4) is 0 Å². The average Bonchev–Trinajstić information content (AvgIpc) is 2.64. The molecule has 0 bridgehead atoms. The van der Waals surface area contributed by atoms with Crippen molar-refractivity contribution in [3.63, 3.8) is 0 Å². The normalized spacial score (nSPS) is 15.2. The highest BCUT2D eigenvalue weighted by molar-refractivity contribution is 6.33. The summed E-state index contributed by atoms with van der Waals surface area (Å²) in [6.45, 7) is 6.71. The summed E-state index contributed by atoms with van der Waals surface area (Å²) >= 11 is 6.13. The molecular formula is C20H23ClN2O2. The minimum absolute atomic E-state index is 0.0152. The lowest BCUT2D eigenvalue weighted by molar-refractivity contribution is 0.0620. The summed E-state index contributed by atoms with van der Waals surface area (Å²) in [5.41, 5.74) is 1.73. The van der Waals surface area contributed by atoms with Crippen molar-refractivity contribution in [1.82, 2.24) is 9.80 Å². The van der Waals surface area contributed by atoms with E-state index in [1.165, 1.54) is 0 Å². The second-order valence-electron chi connectivity index (χ2n) is 6.23. The number of nitrogens with zero attached hydrogens (tertiary/aromatic N) is 2. The predicted octanol–water partition coefficient (Wildman–Crippen LogP) is 3.49. The van der Waals surface area contributed by atoms with E-state index >= 15 is 0 Å². The van der Waals surface area contributed by atoms with Gasteiger partial charge in [0.15, 0.2) is 0 Å². The third-order valence-electron chi connectivity index (χ3n) is 4.52. The monoisotopic (exact) mass is 358 g/mol. The zero-order valence-corrected chi connectivity index (χ0v) is 15.2. The molecule has 0 unspecified atom stereocenters. The van der Waals surface area contributed by atoms with E-state index in [9.17, 15) is 4.79 Å². The minimum Gasteiger partial charge on any atom is -0.492 e. The summed E-state index contributed by atoms with van der Waals surface area (Å²) in [7, 11) is 0. The molecule has 1 fully saturated rings. The van der Waals surface area contributed by atoms with Crippen LogP contribution in [0.5, 0.6) is 5.75 Å². The van der Waals surface area contributed by atoms with Crippen molar-refractivity contribution in [2.75, 3.05) is 39.3 Å². The highest BCUT2D eigenvalue weighted by atomic mass is 35.5. The van der Waals surface area contributed by atoms with Crippen LogP contribution in [0.15, 0.2) is 48.5 Å². The predicted molar refractivity (Wildman–Crippen MR) is 100 cm³/mol. The Bertz CT molecular complexity index is 727. The van der Waals surface area contributed by atoms with E-state index in [4.69, 9.17) is 16.3 Å². The molecule has 0 aliphatic carbocycles. The lowest BCUT2D eigenvalue weighted by Gasteiger charge is -2.34. The lowest BCUT2D eigenvalue weighted by atomic mass is 10.2. The van der Waals surface area contributed by atoms with Gasteiger partial charge in [0.1, 0.15) is 12.4 Å². The first-order chi connectivity index (χ1) is 12.1. The molecule has 0 aromatic heterocycles. The van der Waals surface area contributed by atoms with Gasteiger partial charge in [-0.2, -0.15) is 0 Å². The molecule has 1 aliphatic rings. The van der Waals surface area contributed by atoms with Crippen molar-refractivity contribution >= 4 is 17.5 Å². The number of rotatable bonds is 5. The van der Waals surface area contributed by atoms with Gasteiger partial charge in [0.25, 0.3) is 5.91 Å². The molecule has 25 heavy (non-hydrogen) atoms. The Morgan fingerprint density at radius 2 is 1.72 bits per heavy atom. The SMILES string of the molecule is Cc1ccccc1OCCN1CCN(C(=O)c2ccccc2Cl)CC1. The van der Waals surface area contributed by atoms with Crippen molar-refractivity contribution in [3.05, 3.63) is 64.7 Å². The number of carbonyl (C=O) groups is 1. The summed E-state index contributed by atoms with van der Waals surface area (Å²) < 4.78 is 5.86. The summed E-state index contributed by atoms with van der Waals surface area (Å²) in [6.07, 6.45) is 0. The van der Waals surface area contributed by atoms with E-state index in [-0.39, 0.29) is 5.91 Å². The second kappa shape index (κ2) is 8.37. The van der Waals surface area contributed by atoms with E-state index in [0.29, 0.717) is 30.3 Å². The number of carbonyl (C=O) groups excluding carboxylic acids is 1. The maximum Gasteiger partial charge on any atom is 0.255 e. The number of ether oxygens (including phenoxy) is 1. The number of halogens is 1. The van der Waals surface area contributed by atoms with Crippen LogP contribution in [0, 0.1) is 6.92 Å². The van der Waals surface area contributed by atoms with Gasteiger partial charge in [0.05, 0.1) is 10.6 Å². The Hall–Kier alpha value is -2.04. The molecule has 2 aromatic carbocycles. The largest absolute Gasteiger partial charge is 0.492 e. The second-order valence-corrected chi connectivity index (χ2v) is 6.63. The first-order valence-corrected chi connectivity index (χ1v) is 8.97. The standard InChI is InChI=1S/C20H23ClN2O2/c1-16-6-2-5-9-19(16)25-15-14-22-10-12-23(13-11-22)20(24)17-7-3-4-8-18(17)21/h2-9H,10-15H2,1H3. The van der Waals surface area contributed by atoms with E-state index in [2.05, 4.69) is 17.9 Å². The average molecular weight is 359 g/mol. The van der Waals surface area contributed by atoms with E-state index in [1.54, 1.807) is 12.1 Å². The minimum atomic E-state index is 0.0152. The molecule has 0 spiro atoms. The van der Waals surface area contributed by atoms with Crippen LogP contribution >= 0.6 is 11.6 Å². The van der Waals surface area contributed by atoms with Crippen LogP contribution in [0.2, 0.25) is 5.02 Å². The van der Waals surface area contributed by atoms with Crippen LogP contribution < -0.4 is 4.74 Å². The Kier molecular flexibility index (Phi) is 5.95. The number of hydrogen-bond acceptors (Lipinski definition) is 3. The molecular weight excluding hydrogens is 336 g/mol. The lowest BCUT2D eigenvalue weighted by Crippen LogP contribution is -2.49. The third kappa shape index (κ3) is 4.53. The van der Waals surface area contributed by atoms with Crippen molar-refractivity contribution in [1.29, 1.82) is 0 Å². The number of para-hydroxylation sites is 1. The maximum absolute atomic E-state index is 12.6. The molecule has 2 aromatic rings. The van der Waals surface area contributed by atoms with Gasteiger partial charge in [-0.1, -0.05) is 41.9 Å². The topological polar surface area (TPSA) is 32.8 Å². The molecule has 5 heteroatoms. The smallest absolute Gasteiger partial charge is 0.255 e. The fourth-order valence-electron chi connectivity index (χ4n) is 2.98. The Morgan fingerprint density at radius 1 is 1.04 bits per heavy atom. The fraction of sp³-hybridized carbons (Fsp3) is 0.350. The molecule has 0 N–H and O–H groups in total.